The summed E-state index contributed by atoms with van der Waals surface area (Å²) < 4.78 is 0. The van der Waals surface area contributed by atoms with Crippen molar-refractivity contribution < 1.29 is 0 Å². The fourth-order valence-electron chi connectivity index (χ4n) is 1.43. The van der Waals surface area contributed by atoms with E-state index in [0.717, 1.165) is 11.1 Å². The van der Waals surface area contributed by atoms with Crippen LogP contribution in [-0.2, 0) is 0 Å². The Morgan fingerprint density at radius 2 is 1.40 bits per heavy atom. The standard InChI is InChI=1S/C15H15N5/c16-15(19-17-11-13-7-3-1-4-8-13)20-18-12-14-9-5-2-6-10-14/h1-12H,(H3,16,19,20). The van der Waals surface area contributed by atoms with E-state index in [1.165, 1.54) is 0 Å². The van der Waals surface area contributed by atoms with Gasteiger partial charge in [0.1, 0.15) is 0 Å². The number of hydrogen-bond donors (Lipinski definition) is 2. The maximum atomic E-state index is 5.61. The topological polar surface area (TPSA) is 75.1 Å². The molecule has 0 spiro atoms. The molecule has 0 saturated carbocycles. The molecule has 0 saturated heterocycles. The molecule has 5 nitrogen and oxygen atoms in total. The summed E-state index contributed by atoms with van der Waals surface area (Å²) in [7, 11) is 0. The molecule has 0 aliphatic heterocycles. The minimum Gasteiger partial charge on any atom is -0.367 e. The SMILES string of the molecule is NC(=NN=Cc1ccccc1)NN=Cc1ccccc1. The molecule has 5 heteroatoms. The van der Waals surface area contributed by atoms with Gasteiger partial charge in [0, 0.05) is 0 Å². The summed E-state index contributed by atoms with van der Waals surface area (Å²) in [5.74, 6) is 0.129. The van der Waals surface area contributed by atoms with Crippen molar-refractivity contribution in [1.29, 1.82) is 0 Å². The Morgan fingerprint density at radius 3 is 2.00 bits per heavy atom. The first kappa shape index (κ1) is 13.5. The molecular weight excluding hydrogens is 250 g/mol. The van der Waals surface area contributed by atoms with Gasteiger partial charge in [0.25, 0.3) is 0 Å². The molecule has 0 radical (unpaired) electrons. The van der Waals surface area contributed by atoms with Crippen LogP contribution in [0.5, 0.6) is 0 Å². The van der Waals surface area contributed by atoms with Crippen molar-refractivity contribution in [1.82, 2.24) is 5.43 Å². The highest BCUT2D eigenvalue weighted by atomic mass is 15.4. The first-order valence-electron chi connectivity index (χ1n) is 6.10. The monoisotopic (exact) mass is 265 g/mol. The maximum absolute atomic E-state index is 5.61. The average Bonchev–Trinajstić information content (AvgIpc) is 2.49. The largest absolute Gasteiger partial charge is 0.367 e. The summed E-state index contributed by atoms with van der Waals surface area (Å²) in [5, 5.41) is 11.6. The van der Waals surface area contributed by atoms with Crippen molar-refractivity contribution >= 4 is 18.4 Å². The van der Waals surface area contributed by atoms with E-state index in [0.29, 0.717) is 0 Å². The molecule has 0 aliphatic rings. The summed E-state index contributed by atoms with van der Waals surface area (Å²) in [6.45, 7) is 0. The van der Waals surface area contributed by atoms with E-state index in [1.54, 1.807) is 12.4 Å². The highest BCUT2D eigenvalue weighted by molar-refractivity contribution is 5.84. The lowest BCUT2D eigenvalue weighted by Gasteiger charge is -1.96. The van der Waals surface area contributed by atoms with Crippen molar-refractivity contribution in [3.8, 4) is 0 Å². The van der Waals surface area contributed by atoms with Gasteiger partial charge in [-0.2, -0.15) is 10.2 Å². The van der Waals surface area contributed by atoms with E-state index in [1.807, 2.05) is 60.7 Å². The van der Waals surface area contributed by atoms with Gasteiger partial charge in [-0.15, -0.1) is 5.10 Å². The Labute approximate surface area is 117 Å². The average molecular weight is 265 g/mol. The molecule has 0 heterocycles. The van der Waals surface area contributed by atoms with Crippen LogP contribution in [0.3, 0.4) is 0 Å². The molecule has 20 heavy (non-hydrogen) atoms. The molecular formula is C15H15N5. The Balaban J connectivity index is 1.86. The third kappa shape index (κ3) is 4.73. The summed E-state index contributed by atoms with van der Waals surface area (Å²) in [5.41, 5.74) is 10.1. The van der Waals surface area contributed by atoms with Gasteiger partial charge in [0.05, 0.1) is 12.4 Å². The van der Waals surface area contributed by atoms with Crippen molar-refractivity contribution in [3.63, 3.8) is 0 Å². The van der Waals surface area contributed by atoms with Gasteiger partial charge in [0.15, 0.2) is 0 Å². The smallest absolute Gasteiger partial charge is 0.234 e. The fraction of sp³-hybridized carbons (Fsp3) is 0. The summed E-state index contributed by atoms with van der Waals surface area (Å²) in [6, 6.07) is 19.3. The first-order valence-corrected chi connectivity index (χ1v) is 6.10. The molecule has 2 rings (SSSR count). The molecule has 100 valence electrons. The number of nitrogens with two attached hydrogens (primary N) is 1. The van der Waals surface area contributed by atoms with Crippen LogP contribution in [0.4, 0.5) is 0 Å². The lowest BCUT2D eigenvalue weighted by atomic mass is 10.2. The summed E-state index contributed by atoms with van der Waals surface area (Å²) in [6.07, 6.45) is 3.28. The van der Waals surface area contributed by atoms with Crippen LogP contribution in [0.2, 0.25) is 0 Å². The van der Waals surface area contributed by atoms with Crippen molar-refractivity contribution in [3.05, 3.63) is 71.8 Å². The number of nitrogens with zero attached hydrogens (tertiary/aromatic N) is 3. The normalized spacial score (nSPS) is 12.1. The van der Waals surface area contributed by atoms with Crippen LogP contribution >= 0.6 is 0 Å². The van der Waals surface area contributed by atoms with Crippen molar-refractivity contribution in [2.75, 3.05) is 0 Å². The molecule has 0 atom stereocenters. The number of hydrazone groups is 1. The third-order valence-corrected chi connectivity index (χ3v) is 2.36. The lowest BCUT2D eigenvalue weighted by Crippen LogP contribution is -2.26. The first-order chi connectivity index (χ1) is 9.84. The number of benzene rings is 2. The van der Waals surface area contributed by atoms with Gasteiger partial charge in [-0.1, -0.05) is 60.7 Å². The Bertz CT molecular complexity index is 603. The number of guanidine groups is 1. The second-order valence-corrected chi connectivity index (χ2v) is 3.92. The summed E-state index contributed by atoms with van der Waals surface area (Å²) >= 11 is 0. The number of hydrogen-bond acceptors (Lipinski definition) is 3. The van der Waals surface area contributed by atoms with Crippen LogP contribution in [0.15, 0.2) is 76.0 Å². The predicted molar refractivity (Wildman–Crippen MR) is 82.8 cm³/mol. The van der Waals surface area contributed by atoms with Crippen LogP contribution in [0, 0.1) is 0 Å². The highest BCUT2D eigenvalue weighted by Crippen LogP contribution is 1.94. The fourth-order valence-corrected chi connectivity index (χ4v) is 1.43. The quantitative estimate of drug-likeness (QED) is 0.503. The molecule has 3 N–H and O–H groups in total. The van der Waals surface area contributed by atoms with Crippen LogP contribution in [0.25, 0.3) is 0 Å². The minimum atomic E-state index is 0.129. The molecule has 2 aromatic carbocycles. The van der Waals surface area contributed by atoms with E-state index in [2.05, 4.69) is 20.7 Å². The zero-order valence-corrected chi connectivity index (χ0v) is 10.8. The molecule has 0 amide bonds. The van der Waals surface area contributed by atoms with Gasteiger partial charge in [-0.3, -0.25) is 0 Å². The van der Waals surface area contributed by atoms with Gasteiger partial charge in [-0.05, 0) is 11.1 Å². The van der Waals surface area contributed by atoms with Crippen LogP contribution in [-0.4, -0.2) is 18.4 Å². The Kier molecular flexibility index (Phi) is 5.04. The molecule has 0 unspecified atom stereocenters. The summed E-state index contributed by atoms with van der Waals surface area (Å²) in [4.78, 5) is 0. The zero-order chi connectivity index (χ0) is 14.0. The number of nitrogens with one attached hydrogen (secondary N) is 1. The number of rotatable bonds is 4. The highest BCUT2D eigenvalue weighted by Gasteiger charge is 1.87. The van der Waals surface area contributed by atoms with Crippen LogP contribution in [0.1, 0.15) is 11.1 Å². The van der Waals surface area contributed by atoms with E-state index in [4.69, 9.17) is 5.73 Å². The minimum absolute atomic E-state index is 0.129. The van der Waals surface area contributed by atoms with Gasteiger partial charge in [-0.25, -0.2) is 5.43 Å². The van der Waals surface area contributed by atoms with Crippen LogP contribution < -0.4 is 11.2 Å². The third-order valence-electron chi connectivity index (χ3n) is 2.36. The van der Waals surface area contributed by atoms with Gasteiger partial charge in [0.2, 0.25) is 5.96 Å². The second kappa shape index (κ2) is 7.48. The predicted octanol–water partition coefficient (Wildman–Crippen LogP) is 1.96. The van der Waals surface area contributed by atoms with Gasteiger partial charge < -0.3 is 5.73 Å². The Hall–Kier alpha value is -2.95. The Morgan fingerprint density at radius 1 is 0.850 bits per heavy atom. The van der Waals surface area contributed by atoms with E-state index in [9.17, 15) is 0 Å². The maximum Gasteiger partial charge on any atom is 0.234 e. The molecule has 0 bridgehead atoms. The lowest BCUT2D eigenvalue weighted by molar-refractivity contribution is 0.994. The van der Waals surface area contributed by atoms with E-state index < -0.39 is 0 Å². The second-order valence-electron chi connectivity index (χ2n) is 3.92. The van der Waals surface area contributed by atoms with Gasteiger partial charge >= 0.3 is 0 Å². The van der Waals surface area contributed by atoms with Crippen molar-refractivity contribution in [2.45, 2.75) is 0 Å². The molecule has 2 aromatic rings. The zero-order valence-electron chi connectivity index (χ0n) is 10.8. The van der Waals surface area contributed by atoms with Crippen molar-refractivity contribution in [2.24, 2.45) is 21.0 Å². The molecule has 0 aromatic heterocycles. The van der Waals surface area contributed by atoms with E-state index >= 15 is 0 Å². The van der Waals surface area contributed by atoms with E-state index in [-0.39, 0.29) is 5.96 Å². The molecule has 0 fully saturated rings. The molecule has 0 aliphatic carbocycles.